The fraction of sp³-hybridized carbons (Fsp3) is 0.476. The number of hydrogen-bond acceptors (Lipinski definition) is 4. The number of benzene rings is 1. The van der Waals surface area contributed by atoms with E-state index in [-0.39, 0.29) is 17.1 Å². The quantitative estimate of drug-likeness (QED) is 0.345. The molecule has 5 atom stereocenters. The van der Waals surface area contributed by atoms with Gasteiger partial charge in [-0.15, -0.1) is 18.2 Å². The maximum Gasteiger partial charge on any atom is 0.232 e. The predicted molar refractivity (Wildman–Crippen MR) is 109 cm³/mol. The van der Waals surface area contributed by atoms with Gasteiger partial charge in [-0.25, -0.2) is 4.99 Å². The van der Waals surface area contributed by atoms with Crippen LogP contribution >= 0.6 is 23.8 Å². The summed E-state index contributed by atoms with van der Waals surface area (Å²) in [6.07, 6.45) is 2.17. The van der Waals surface area contributed by atoms with Gasteiger partial charge in [-0.3, -0.25) is 9.59 Å². The van der Waals surface area contributed by atoms with Crippen molar-refractivity contribution in [2.24, 2.45) is 21.7 Å². The molecule has 0 aromatic heterocycles. The summed E-state index contributed by atoms with van der Waals surface area (Å²) in [5.41, 5.74) is -0.566. The van der Waals surface area contributed by atoms with E-state index in [1.165, 1.54) is 0 Å². The van der Waals surface area contributed by atoms with Crippen molar-refractivity contribution in [1.29, 1.82) is 0 Å². The number of anilines is 1. The number of rotatable bonds is 2. The first kappa shape index (κ1) is 18.5. The number of Topliss-reactive ketones (excluding diaryl/α,β-unsaturated/α-hetero) is 1. The van der Waals surface area contributed by atoms with Gasteiger partial charge in [-0.05, 0) is 41.2 Å². The Morgan fingerprint density at radius 1 is 1.37 bits per heavy atom. The number of thiocarbonyl (C=S) groups is 1. The topological polar surface area (TPSA) is 58.5 Å². The molecule has 2 bridgehead atoms. The van der Waals surface area contributed by atoms with E-state index in [1.807, 2.05) is 39.0 Å². The van der Waals surface area contributed by atoms with Crippen molar-refractivity contribution >= 4 is 46.4 Å². The summed E-state index contributed by atoms with van der Waals surface area (Å²) in [7, 11) is 0. The molecule has 1 aliphatic heterocycles. The van der Waals surface area contributed by atoms with Gasteiger partial charge >= 0.3 is 0 Å². The minimum atomic E-state index is -1.34. The van der Waals surface area contributed by atoms with Gasteiger partial charge in [0, 0.05) is 22.4 Å². The maximum atomic E-state index is 14.0. The molecule has 4 nitrogen and oxygen atoms in total. The molecular weight excluding hydrogens is 380 g/mol. The van der Waals surface area contributed by atoms with Crippen molar-refractivity contribution in [3.63, 3.8) is 0 Å². The number of carbonyl (C=O) groups excluding carboxylic acids is 2. The maximum absolute atomic E-state index is 14.0. The number of aliphatic imine (C=N–C) groups is 1. The van der Waals surface area contributed by atoms with E-state index in [1.54, 1.807) is 6.08 Å². The van der Waals surface area contributed by atoms with Crippen LogP contribution in [0.15, 0.2) is 35.8 Å². The highest BCUT2D eigenvalue weighted by Crippen LogP contribution is 2.65. The largest absolute Gasteiger partial charge is 0.325 e. The molecule has 0 radical (unpaired) electrons. The van der Waals surface area contributed by atoms with Crippen molar-refractivity contribution in [3.05, 3.63) is 42.0 Å². The van der Waals surface area contributed by atoms with Gasteiger partial charge in [-0.1, -0.05) is 39.0 Å². The molecule has 6 heteroatoms. The predicted octanol–water partition coefficient (Wildman–Crippen LogP) is 4.45. The normalized spacial score (nSPS) is 38.3. The second kappa shape index (κ2) is 5.60. The number of nitrogens with one attached hydrogen (secondary N) is 1. The number of alkyl halides is 1. The van der Waals surface area contributed by atoms with Gasteiger partial charge in [-0.2, -0.15) is 0 Å². The van der Waals surface area contributed by atoms with Gasteiger partial charge in [0.25, 0.3) is 0 Å². The zero-order chi connectivity index (χ0) is 19.8. The van der Waals surface area contributed by atoms with Crippen LogP contribution < -0.4 is 5.32 Å². The monoisotopic (exact) mass is 400 g/mol. The number of fused-ring (bicyclic) bond motifs is 3. The molecule has 1 unspecified atom stereocenters. The lowest BCUT2D eigenvalue weighted by Crippen LogP contribution is -2.60. The molecule has 1 fully saturated rings. The summed E-state index contributed by atoms with van der Waals surface area (Å²) < 4.78 is 0. The van der Waals surface area contributed by atoms with Crippen LogP contribution in [0.2, 0.25) is 0 Å². The minimum Gasteiger partial charge on any atom is -0.325 e. The third-order valence-electron chi connectivity index (χ3n) is 7.13. The van der Waals surface area contributed by atoms with Crippen LogP contribution in [-0.2, 0) is 15.1 Å². The summed E-state index contributed by atoms with van der Waals surface area (Å²) in [6.45, 7) is 9.84. The van der Waals surface area contributed by atoms with Crippen molar-refractivity contribution < 1.29 is 9.59 Å². The van der Waals surface area contributed by atoms with Crippen molar-refractivity contribution in [2.45, 2.75) is 44.0 Å². The fourth-order valence-electron chi connectivity index (χ4n) is 5.50. The van der Waals surface area contributed by atoms with Gasteiger partial charge in [0.15, 0.2) is 11.3 Å². The van der Waals surface area contributed by atoms with E-state index >= 15 is 0 Å². The summed E-state index contributed by atoms with van der Waals surface area (Å²) >= 11 is 11.9. The number of hydrogen-bond donors (Lipinski definition) is 1. The Morgan fingerprint density at radius 3 is 2.70 bits per heavy atom. The summed E-state index contributed by atoms with van der Waals surface area (Å²) in [6, 6.07) is 5.57. The highest BCUT2D eigenvalue weighted by atomic mass is 35.5. The number of amides is 1. The lowest BCUT2D eigenvalue weighted by molar-refractivity contribution is -0.141. The Morgan fingerprint density at radius 2 is 2.07 bits per heavy atom. The summed E-state index contributed by atoms with van der Waals surface area (Å²) in [4.78, 5) is 31.5. The van der Waals surface area contributed by atoms with E-state index in [0.29, 0.717) is 12.0 Å². The molecule has 27 heavy (non-hydrogen) atoms. The Balaban J connectivity index is 2.22. The molecule has 1 N–H and O–H groups in total. The average Bonchev–Trinajstić information content (AvgIpc) is 2.95. The molecular formula is C21H21ClN2O2S. The van der Waals surface area contributed by atoms with Gasteiger partial charge < -0.3 is 5.32 Å². The molecule has 0 spiro atoms. The Kier molecular flexibility index (Phi) is 3.85. The lowest BCUT2D eigenvalue weighted by Gasteiger charge is -2.52. The second-order valence-electron chi connectivity index (χ2n) is 8.53. The zero-order valence-corrected chi connectivity index (χ0v) is 17.1. The van der Waals surface area contributed by atoms with Crippen LogP contribution in [0.1, 0.15) is 44.2 Å². The average molecular weight is 401 g/mol. The minimum absolute atomic E-state index is 0.0558. The number of halogens is 1. The van der Waals surface area contributed by atoms with Crippen LogP contribution in [0.25, 0.3) is 0 Å². The number of carbonyl (C=O) groups is 2. The van der Waals surface area contributed by atoms with Crippen molar-refractivity contribution in [1.82, 2.24) is 0 Å². The highest BCUT2D eigenvalue weighted by molar-refractivity contribution is 7.78. The SMILES string of the molecule is C=C[C@]1(C)[C@H](Cl)CC2C(=O)[C@]1(N=C=S)c1cccc3c1[C@@H](C(=O)N3)C2(C)C. The molecule has 3 aliphatic rings. The van der Waals surface area contributed by atoms with E-state index < -0.39 is 28.2 Å². The van der Waals surface area contributed by atoms with Crippen LogP contribution in [0.5, 0.6) is 0 Å². The van der Waals surface area contributed by atoms with E-state index in [2.05, 4.69) is 22.0 Å². The Hall–Kier alpha value is -1.81. The number of isothiocyanates is 1. The first-order valence-electron chi connectivity index (χ1n) is 9.02. The Labute approximate surface area is 169 Å². The van der Waals surface area contributed by atoms with E-state index in [0.717, 1.165) is 11.3 Å². The van der Waals surface area contributed by atoms with Crippen molar-refractivity contribution in [3.8, 4) is 0 Å². The van der Waals surface area contributed by atoms with Gasteiger partial charge in [0.05, 0.1) is 11.1 Å². The fourth-order valence-corrected chi connectivity index (χ4v) is 6.06. The van der Waals surface area contributed by atoms with Gasteiger partial charge in [0.2, 0.25) is 5.91 Å². The standard InChI is InChI=1S/C21H21ClN2O2S/c1-5-20(4)14(22)9-12-17(25)21(20,23-10-27)11-7-6-8-13-15(11)16(18(26)24-13)19(12,2)3/h5-8,12,14,16H,1,9H2,2-4H3,(H,24,26)/t12?,14-,16+,20-,21-/m1/s1. The van der Waals surface area contributed by atoms with E-state index in [4.69, 9.17) is 23.8 Å². The number of nitrogens with zero attached hydrogens (tertiary/aromatic N) is 1. The third kappa shape index (κ3) is 1.95. The lowest BCUT2D eigenvalue weighted by atomic mass is 9.53. The van der Waals surface area contributed by atoms with Crippen molar-refractivity contribution in [2.75, 3.05) is 5.32 Å². The second-order valence-corrected chi connectivity index (χ2v) is 9.24. The smallest absolute Gasteiger partial charge is 0.232 e. The van der Waals surface area contributed by atoms with Crippen LogP contribution in [0.3, 0.4) is 0 Å². The molecule has 1 saturated carbocycles. The highest BCUT2D eigenvalue weighted by Gasteiger charge is 2.69. The van der Waals surface area contributed by atoms with Crippen LogP contribution in [0.4, 0.5) is 5.69 Å². The Bertz CT molecular complexity index is 952. The summed E-state index contributed by atoms with van der Waals surface area (Å²) in [5, 5.41) is 5.06. The molecule has 1 aromatic rings. The molecule has 0 saturated heterocycles. The molecule has 140 valence electrons. The third-order valence-corrected chi connectivity index (χ3v) is 7.85. The summed E-state index contributed by atoms with van der Waals surface area (Å²) in [5.74, 6) is -1.03. The molecule has 1 aromatic carbocycles. The number of ketones is 1. The van der Waals surface area contributed by atoms with Crippen LogP contribution in [0, 0.1) is 16.7 Å². The first-order valence-corrected chi connectivity index (χ1v) is 9.86. The first-order chi connectivity index (χ1) is 12.7. The van der Waals surface area contributed by atoms with Crippen LogP contribution in [-0.4, -0.2) is 22.2 Å². The molecule has 1 amide bonds. The van der Waals surface area contributed by atoms with Gasteiger partial charge in [0.1, 0.15) is 0 Å². The van der Waals surface area contributed by atoms with E-state index in [9.17, 15) is 9.59 Å². The molecule has 2 aliphatic carbocycles. The molecule has 1 heterocycles. The molecule has 4 rings (SSSR count). The zero-order valence-electron chi connectivity index (χ0n) is 15.5.